The summed E-state index contributed by atoms with van der Waals surface area (Å²) in [5, 5.41) is 23.7. The first-order valence-electron chi connectivity index (χ1n) is 6.61. The van der Waals surface area contributed by atoms with E-state index >= 15 is 0 Å². The summed E-state index contributed by atoms with van der Waals surface area (Å²) in [5.41, 5.74) is 1.41. The van der Waals surface area contributed by atoms with Gasteiger partial charge < -0.3 is 20.8 Å². The molecule has 0 saturated heterocycles. The number of anilines is 2. The molecule has 0 saturated carbocycles. The van der Waals surface area contributed by atoms with Crippen LogP contribution in [0.3, 0.4) is 0 Å². The Labute approximate surface area is 116 Å². The van der Waals surface area contributed by atoms with Gasteiger partial charge in [0.05, 0.1) is 19.4 Å². The molecule has 0 aliphatic carbocycles. The predicted molar refractivity (Wildman–Crippen MR) is 76.9 cm³/mol. The summed E-state index contributed by atoms with van der Waals surface area (Å²) in [4.78, 5) is 13.0. The lowest BCUT2D eigenvalue weighted by atomic mass is 10.4. The van der Waals surface area contributed by atoms with Crippen molar-refractivity contribution in [3.8, 4) is 0 Å². The molecular formula is C12H20N6O2. The van der Waals surface area contributed by atoms with Crippen molar-refractivity contribution < 1.29 is 10.2 Å². The lowest BCUT2D eigenvalue weighted by Gasteiger charge is -2.13. The fourth-order valence-electron chi connectivity index (χ4n) is 1.93. The van der Waals surface area contributed by atoms with E-state index in [-0.39, 0.29) is 19.3 Å². The molecule has 0 bridgehead atoms. The highest BCUT2D eigenvalue weighted by atomic mass is 16.3. The van der Waals surface area contributed by atoms with Crippen molar-refractivity contribution in [2.24, 2.45) is 0 Å². The van der Waals surface area contributed by atoms with Gasteiger partial charge in [-0.1, -0.05) is 0 Å². The van der Waals surface area contributed by atoms with Gasteiger partial charge in [-0.15, -0.1) is 0 Å². The molecule has 0 aliphatic heterocycles. The lowest BCUT2D eigenvalue weighted by molar-refractivity contribution is 0.310. The van der Waals surface area contributed by atoms with Crippen LogP contribution in [0.15, 0.2) is 6.20 Å². The standard InChI is InChI=1S/C12H20N6O2/c1-8(2)18-10-9(16-12(18)14-4-6-20)7-15-11(17-10)13-3-5-19/h7-8,19-20H,3-6H2,1-2H3,(H,14,16)(H,13,15,17). The summed E-state index contributed by atoms with van der Waals surface area (Å²) in [7, 11) is 0. The topological polar surface area (TPSA) is 108 Å². The molecule has 0 aromatic carbocycles. The zero-order valence-electron chi connectivity index (χ0n) is 11.7. The molecule has 0 spiro atoms. The number of hydrogen-bond donors (Lipinski definition) is 4. The zero-order valence-corrected chi connectivity index (χ0v) is 11.7. The smallest absolute Gasteiger partial charge is 0.224 e. The van der Waals surface area contributed by atoms with Gasteiger partial charge >= 0.3 is 0 Å². The van der Waals surface area contributed by atoms with E-state index in [0.717, 1.165) is 5.65 Å². The van der Waals surface area contributed by atoms with Crippen LogP contribution in [0.25, 0.3) is 11.2 Å². The van der Waals surface area contributed by atoms with E-state index in [0.29, 0.717) is 30.5 Å². The van der Waals surface area contributed by atoms with Crippen LogP contribution in [0, 0.1) is 0 Å². The average Bonchev–Trinajstić information content (AvgIpc) is 2.80. The molecule has 8 heteroatoms. The largest absolute Gasteiger partial charge is 0.395 e. The molecule has 0 fully saturated rings. The molecule has 0 unspecified atom stereocenters. The van der Waals surface area contributed by atoms with Crippen LogP contribution in [0.5, 0.6) is 0 Å². The number of rotatable bonds is 7. The Hall–Kier alpha value is -1.93. The Morgan fingerprint density at radius 1 is 1.15 bits per heavy atom. The number of aliphatic hydroxyl groups excluding tert-OH is 2. The maximum atomic E-state index is 8.91. The molecule has 4 N–H and O–H groups in total. The summed E-state index contributed by atoms with van der Waals surface area (Å²) in [6.07, 6.45) is 1.64. The summed E-state index contributed by atoms with van der Waals surface area (Å²) in [6, 6.07) is 0.168. The zero-order chi connectivity index (χ0) is 14.5. The number of aliphatic hydroxyl groups is 2. The van der Waals surface area contributed by atoms with Crippen LogP contribution in [-0.2, 0) is 0 Å². The van der Waals surface area contributed by atoms with Gasteiger partial charge in [-0.3, -0.25) is 4.57 Å². The number of nitrogens with one attached hydrogen (secondary N) is 2. The Kier molecular flexibility index (Phi) is 4.70. The molecule has 0 amide bonds. The van der Waals surface area contributed by atoms with Crippen molar-refractivity contribution in [1.29, 1.82) is 0 Å². The molecule has 2 heterocycles. The van der Waals surface area contributed by atoms with Crippen molar-refractivity contribution in [3.05, 3.63) is 6.20 Å². The second-order valence-electron chi connectivity index (χ2n) is 4.60. The third kappa shape index (κ3) is 2.97. The predicted octanol–water partition coefficient (Wildman–Crippen LogP) is 0.216. The first-order chi connectivity index (χ1) is 9.67. The minimum absolute atomic E-state index is 0.0220. The molecule has 2 aromatic heterocycles. The second-order valence-corrected chi connectivity index (χ2v) is 4.60. The second kappa shape index (κ2) is 6.49. The van der Waals surface area contributed by atoms with Crippen LogP contribution >= 0.6 is 0 Å². The average molecular weight is 280 g/mol. The van der Waals surface area contributed by atoms with Gasteiger partial charge in [0.1, 0.15) is 5.52 Å². The number of fused-ring (bicyclic) bond motifs is 1. The van der Waals surface area contributed by atoms with E-state index in [9.17, 15) is 0 Å². The lowest BCUT2D eigenvalue weighted by Crippen LogP contribution is -2.13. The first-order valence-corrected chi connectivity index (χ1v) is 6.61. The van der Waals surface area contributed by atoms with Crippen molar-refractivity contribution in [1.82, 2.24) is 19.5 Å². The minimum atomic E-state index is 0.0220. The highest BCUT2D eigenvalue weighted by molar-refractivity contribution is 5.75. The molecule has 0 atom stereocenters. The quantitative estimate of drug-likeness (QED) is 0.574. The third-order valence-corrected chi connectivity index (χ3v) is 2.74. The van der Waals surface area contributed by atoms with Gasteiger partial charge in [0.15, 0.2) is 5.65 Å². The third-order valence-electron chi connectivity index (χ3n) is 2.74. The van der Waals surface area contributed by atoms with Gasteiger partial charge in [0, 0.05) is 19.1 Å². The van der Waals surface area contributed by atoms with Gasteiger partial charge in [-0.25, -0.2) is 9.97 Å². The van der Waals surface area contributed by atoms with Crippen molar-refractivity contribution >= 4 is 23.1 Å². The first kappa shape index (κ1) is 14.5. The molecule has 8 nitrogen and oxygen atoms in total. The molecule has 0 radical (unpaired) electrons. The molecule has 20 heavy (non-hydrogen) atoms. The fraction of sp³-hybridized carbons (Fsp3) is 0.583. The van der Waals surface area contributed by atoms with E-state index in [1.54, 1.807) is 6.20 Å². The van der Waals surface area contributed by atoms with Crippen molar-refractivity contribution in [2.45, 2.75) is 19.9 Å². The SMILES string of the molecule is CC(C)n1c(NCCO)nc2cnc(NCCO)nc21. The van der Waals surface area contributed by atoms with E-state index in [4.69, 9.17) is 10.2 Å². The molecule has 110 valence electrons. The Bertz CT molecular complexity index is 568. The van der Waals surface area contributed by atoms with Crippen molar-refractivity contribution in [2.75, 3.05) is 36.9 Å². The highest BCUT2D eigenvalue weighted by Gasteiger charge is 2.15. The molecule has 2 rings (SSSR count). The molecule has 2 aromatic rings. The van der Waals surface area contributed by atoms with Crippen LogP contribution in [-0.4, -0.2) is 56.0 Å². The number of aromatic nitrogens is 4. The molecular weight excluding hydrogens is 260 g/mol. The van der Waals surface area contributed by atoms with Gasteiger partial charge in [-0.05, 0) is 13.8 Å². The number of nitrogens with zero attached hydrogens (tertiary/aromatic N) is 4. The van der Waals surface area contributed by atoms with Gasteiger partial charge in [0.25, 0.3) is 0 Å². The van der Waals surface area contributed by atoms with Crippen LogP contribution in [0.4, 0.5) is 11.9 Å². The van der Waals surface area contributed by atoms with Crippen LogP contribution in [0.1, 0.15) is 19.9 Å². The Morgan fingerprint density at radius 3 is 2.50 bits per heavy atom. The van der Waals surface area contributed by atoms with E-state index in [2.05, 4.69) is 25.6 Å². The van der Waals surface area contributed by atoms with Crippen LogP contribution < -0.4 is 10.6 Å². The summed E-state index contributed by atoms with van der Waals surface area (Å²) >= 11 is 0. The Morgan fingerprint density at radius 2 is 1.85 bits per heavy atom. The normalized spacial score (nSPS) is 11.2. The van der Waals surface area contributed by atoms with E-state index < -0.39 is 0 Å². The monoisotopic (exact) mass is 280 g/mol. The van der Waals surface area contributed by atoms with E-state index in [1.165, 1.54) is 0 Å². The van der Waals surface area contributed by atoms with E-state index in [1.807, 2.05) is 18.4 Å². The fourth-order valence-corrected chi connectivity index (χ4v) is 1.93. The van der Waals surface area contributed by atoms with Gasteiger partial charge in [0.2, 0.25) is 11.9 Å². The summed E-state index contributed by atoms with van der Waals surface area (Å²) in [6.45, 7) is 4.96. The molecule has 0 aliphatic rings. The summed E-state index contributed by atoms with van der Waals surface area (Å²) < 4.78 is 1.96. The maximum absolute atomic E-state index is 8.91. The number of imidazole rings is 1. The Balaban J connectivity index is 2.41. The summed E-state index contributed by atoms with van der Waals surface area (Å²) in [5.74, 6) is 1.12. The highest BCUT2D eigenvalue weighted by Crippen LogP contribution is 2.23. The van der Waals surface area contributed by atoms with Crippen LogP contribution in [0.2, 0.25) is 0 Å². The minimum Gasteiger partial charge on any atom is -0.395 e. The van der Waals surface area contributed by atoms with Gasteiger partial charge in [-0.2, -0.15) is 4.98 Å². The number of hydrogen-bond acceptors (Lipinski definition) is 7. The maximum Gasteiger partial charge on any atom is 0.224 e. The van der Waals surface area contributed by atoms with Crippen molar-refractivity contribution in [3.63, 3.8) is 0 Å².